The van der Waals surface area contributed by atoms with Crippen LogP contribution in [-0.2, 0) is 32.7 Å². The Kier molecular flexibility index (Phi) is 97.9. The molecule has 77 valence electrons. The van der Waals surface area contributed by atoms with E-state index in [1.54, 1.807) is 0 Å². The maximum atomic E-state index is 3.68. The van der Waals surface area contributed by atoms with Crippen LogP contribution in [0, 0.1) is 14.4 Å². The Morgan fingerprint density at radius 2 is 1.33 bits per heavy atom. The Bertz CT molecular complexity index is 29.0. The van der Waals surface area contributed by atoms with Gasteiger partial charge in [0.2, 0.25) is 0 Å². The van der Waals surface area contributed by atoms with Gasteiger partial charge in [-0.15, -0.1) is 6.54 Å². The molecule has 0 N–H and O–H groups in total. The Labute approximate surface area is 106 Å². The van der Waals surface area contributed by atoms with Gasteiger partial charge in [-0.1, -0.05) is 34.6 Å². The molecule has 12 heavy (non-hydrogen) atoms. The van der Waals surface area contributed by atoms with Crippen molar-refractivity contribution in [3.05, 3.63) is 14.4 Å². The predicted molar refractivity (Wildman–Crippen MR) is 57.6 cm³/mol. The van der Waals surface area contributed by atoms with Crippen LogP contribution >= 0.6 is 0 Å². The van der Waals surface area contributed by atoms with E-state index in [2.05, 4.69) is 18.7 Å². The smallest absolute Gasteiger partial charge is 0 e. The molecule has 0 spiro atoms. The van der Waals surface area contributed by atoms with E-state index in [-0.39, 0.29) is 40.1 Å². The quantitative estimate of drug-likeness (QED) is 0.680. The second-order valence-corrected chi connectivity index (χ2v) is 1.40. The first-order chi connectivity index (χ1) is 4.81. The van der Waals surface area contributed by atoms with Crippen LogP contribution in [0.25, 0.3) is 0 Å². The Morgan fingerprint density at radius 1 is 1.08 bits per heavy atom. The van der Waals surface area contributed by atoms with Crippen molar-refractivity contribution in [2.45, 2.75) is 34.6 Å². The summed E-state index contributed by atoms with van der Waals surface area (Å²) in [6, 6.07) is 0. The van der Waals surface area contributed by atoms with E-state index in [0.717, 1.165) is 13.1 Å². The summed E-state index contributed by atoms with van der Waals surface area (Å²) in [7, 11) is 2.05. The van der Waals surface area contributed by atoms with E-state index >= 15 is 0 Å². The van der Waals surface area contributed by atoms with Crippen molar-refractivity contribution in [3.8, 4) is 0 Å². The molecule has 0 atom stereocenters. The van der Waals surface area contributed by atoms with Crippen LogP contribution in [0.3, 0.4) is 0 Å². The van der Waals surface area contributed by atoms with Gasteiger partial charge in [0.15, 0.2) is 0 Å². The normalized spacial score (nSPS) is 6.00. The van der Waals surface area contributed by atoms with Crippen molar-refractivity contribution in [1.29, 1.82) is 0 Å². The van der Waals surface area contributed by atoms with Crippen LogP contribution in [0.15, 0.2) is 0 Å². The number of hydrogen-bond donors (Lipinski definition) is 0. The minimum absolute atomic E-state index is 0. The molecular weight excluding hydrogens is 223 g/mol. The Morgan fingerprint density at radius 3 is 1.33 bits per heavy atom. The number of rotatable bonds is 2. The third-order valence-corrected chi connectivity index (χ3v) is 0.922. The van der Waals surface area contributed by atoms with Gasteiger partial charge in [-0.2, -0.15) is 0 Å². The molecule has 1 nitrogen and oxygen atoms in total. The summed E-state index contributed by atoms with van der Waals surface area (Å²) in [5.74, 6) is 0. The van der Waals surface area contributed by atoms with E-state index in [4.69, 9.17) is 0 Å². The average molecular weight is 250 g/mol. The van der Waals surface area contributed by atoms with Crippen molar-refractivity contribution in [1.82, 2.24) is 4.90 Å². The first kappa shape index (κ1) is 29.2. The first-order valence-electron chi connectivity index (χ1n) is 4.29. The monoisotopic (exact) mass is 250 g/mol. The van der Waals surface area contributed by atoms with Crippen molar-refractivity contribution < 1.29 is 32.7 Å². The van der Waals surface area contributed by atoms with Gasteiger partial charge in [0.05, 0.1) is 0 Å². The molecule has 1 radical (unpaired) electrons. The maximum absolute atomic E-state index is 3.68. The van der Waals surface area contributed by atoms with Crippen LogP contribution in [0.2, 0.25) is 0 Å². The summed E-state index contributed by atoms with van der Waals surface area (Å²) in [5, 5.41) is 0. The van der Waals surface area contributed by atoms with Gasteiger partial charge in [-0.3, -0.25) is 0 Å². The van der Waals surface area contributed by atoms with Gasteiger partial charge in [-0.25, -0.2) is 0 Å². The molecule has 0 bridgehead atoms. The second-order valence-electron chi connectivity index (χ2n) is 1.40. The van der Waals surface area contributed by atoms with Crippen LogP contribution in [0.4, 0.5) is 0 Å². The topological polar surface area (TPSA) is 3.24 Å². The van der Waals surface area contributed by atoms with Crippen LogP contribution in [0.5, 0.6) is 0 Å². The number of nitrogens with zero attached hydrogens (tertiary/aromatic N) is 1. The molecule has 0 aromatic heterocycles. The van der Waals surface area contributed by atoms with Crippen LogP contribution in [0.1, 0.15) is 34.6 Å². The van der Waals surface area contributed by atoms with E-state index in [0.29, 0.717) is 0 Å². The molecule has 0 unspecified atom stereocenters. The molecule has 0 aliphatic heterocycles. The molecule has 0 heterocycles. The standard InChI is InChI=1S/C5H12N.2C2H6.CH3.Y/c1-4-6(3)5-2;2*1-2;;/h1,4-5H2,2-3H3;2*1-2H3;1H3;/q-1;;;-1;. The Balaban J connectivity index is -0.0000000241. The summed E-state index contributed by atoms with van der Waals surface area (Å²) < 4.78 is 0. The summed E-state index contributed by atoms with van der Waals surface area (Å²) in [4.78, 5) is 2.14. The predicted octanol–water partition coefficient (Wildman–Crippen LogP) is 3.27. The summed E-state index contributed by atoms with van der Waals surface area (Å²) >= 11 is 0. The average Bonchev–Trinajstić information content (AvgIpc) is 2.10. The van der Waals surface area contributed by atoms with Gasteiger partial charge < -0.3 is 19.3 Å². The first-order valence-corrected chi connectivity index (χ1v) is 4.29. The van der Waals surface area contributed by atoms with E-state index in [9.17, 15) is 0 Å². The van der Waals surface area contributed by atoms with Crippen molar-refractivity contribution >= 4 is 0 Å². The van der Waals surface area contributed by atoms with E-state index in [1.807, 2.05) is 34.7 Å². The molecule has 0 aliphatic carbocycles. The minimum Gasteiger partial charge on any atom is -0.358 e. The molecule has 0 saturated heterocycles. The second kappa shape index (κ2) is 40.2. The molecule has 0 aromatic carbocycles. The molecule has 0 amide bonds. The SMILES string of the molecule is CC.CC.[CH2-]CN(C)CC.[CH3-].[Y]. The van der Waals surface area contributed by atoms with Crippen molar-refractivity contribution in [3.63, 3.8) is 0 Å². The zero-order valence-electron chi connectivity index (χ0n) is 10.1. The number of hydrogen-bond acceptors (Lipinski definition) is 1. The largest absolute Gasteiger partial charge is 0.358 e. The molecule has 0 saturated carbocycles. The van der Waals surface area contributed by atoms with Crippen LogP contribution < -0.4 is 0 Å². The zero-order chi connectivity index (χ0) is 8.99. The molecule has 0 rings (SSSR count). The molecule has 0 aromatic rings. The Hall–Kier alpha value is 1.06. The van der Waals surface area contributed by atoms with Crippen molar-refractivity contribution in [2.75, 3.05) is 20.1 Å². The van der Waals surface area contributed by atoms with Crippen LogP contribution in [-0.4, -0.2) is 25.0 Å². The zero-order valence-corrected chi connectivity index (χ0v) is 13.0. The molecule has 2 heteroatoms. The van der Waals surface area contributed by atoms with E-state index in [1.165, 1.54) is 0 Å². The summed E-state index contributed by atoms with van der Waals surface area (Å²) in [5.41, 5.74) is 0. The van der Waals surface area contributed by atoms with Gasteiger partial charge in [0, 0.05) is 32.7 Å². The molecule has 0 fully saturated rings. The minimum atomic E-state index is 0. The van der Waals surface area contributed by atoms with Crippen molar-refractivity contribution in [2.24, 2.45) is 0 Å². The summed E-state index contributed by atoms with van der Waals surface area (Å²) in [6.45, 7) is 15.8. The fourth-order valence-electron chi connectivity index (χ4n) is 0.158. The maximum Gasteiger partial charge on any atom is 0 e. The van der Waals surface area contributed by atoms with E-state index < -0.39 is 0 Å². The van der Waals surface area contributed by atoms with Gasteiger partial charge in [-0.05, 0) is 13.6 Å². The van der Waals surface area contributed by atoms with Gasteiger partial charge in [0.25, 0.3) is 0 Å². The third-order valence-electron chi connectivity index (χ3n) is 0.922. The fourth-order valence-corrected chi connectivity index (χ4v) is 0.158. The fraction of sp³-hybridized carbons (Fsp3) is 0.800. The van der Waals surface area contributed by atoms with Gasteiger partial charge >= 0.3 is 0 Å². The molecular formula is C10H27NY-2. The third kappa shape index (κ3) is 43.7. The van der Waals surface area contributed by atoms with Gasteiger partial charge in [0.1, 0.15) is 0 Å². The summed E-state index contributed by atoms with van der Waals surface area (Å²) in [6.07, 6.45) is 0. The molecule has 0 aliphatic rings.